The van der Waals surface area contributed by atoms with Gasteiger partial charge in [-0.2, -0.15) is 0 Å². The van der Waals surface area contributed by atoms with Gasteiger partial charge in [-0.3, -0.25) is 4.79 Å². The second-order valence-electron chi connectivity index (χ2n) is 3.45. The van der Waals surface area contributed by atoms with Crippen molar-refractivity contribution < 1.29 is 14.8 Å². The van der Waals surface area contributed by atoms with Crippen molar-refractivity contribution in [3.05, 3.63) is 27.9 Å². The first-order valence-electron chi connectivity index (χ1n) is 4.70. The Morgan fingerprint density at radius 3 is 2.75 bits per heavy atom. The predicted molar refractivity (Wildman–Crippen MR) is 56.1 cm³/mol. The molecule has 1 heterocycles. The Kier molecular flexibility index (Phi) is 3.62. The van der Waals surface area contributed by atoms with Gasteiger partial charge in [-0.1, -0.05) is 0 Å². The lowest BCUT2D eigenvalue weighted by Crippen LogP contribution is -2.31. The third-order valence-electron chi connectivity index (χ3n) is 2.07. The summed E-state index contributed by atoms with van der Waals surface area (Å²) >= 11 is 0. The smallest absolute Gasteiger partial charge is 0.323 e. The molecule has 0 aliphatic rings. The minimum atomic E-state index is -0.654. The van der Waals surface area contributed by atoms with E-state index < -0.39 is 16.9 Å². The molecule has 7 nitrogen and oxygen atoms in total. The summed E-state index contributed by atoms with van der Waals surface area (Å²) in [5.74, 6) is -0.598. The van der Waals surface area contributed by atoms with Crippen LogP contribution in [-0.2, 0) is 7.05 Å². The molecule has 0 radical (unpaired) electrons. The average molecular weight is 227 g/mol. The number of hydrogen-bond acceptors (Lipinski definition) is 4. The number of nitrogens with one attached hydrogen (secondary N) is 1. The fraction of sp³-hybridized carbons (Fsp3) is 0.444. The summed E-state index contributed by atoms with van der Waals surface area (Å²) in [6.07, 6.45) is -0.654. The molecule has 0 fully saturated rings. The van der Waals surface area contributed by atoms with Crippen LogP contribution in [0.3, 0.4) is 0 Å². The standard InChI is InChI=1S/C9H13N3O4/c1-6(13)5-10-9(14)7-3-4-8(11(7)2)12(15)16/h3-4,6,13H,5H2,1-2H3,(H,10,14)/t6-/m0/s1. The number of hydrogen-bond donors (Lipinski definition) is 2. The Balaban J connectivity index is 2.81. The second kappa shape index (κ2) is 4.75. The number of rotatable bonds is 4. The number of nitrogens with zero attached hydrogens (tertiary/aromatic N) is 2. The Morgan fingerprint density at radius 2 is 2.31 bits per heavy atom. The van der Waals surface area contributed by atoms with E-state index in [2.05, 4.69) is 5.32 Å². The minimum absolute atomic E-state index is 0.109. The number of aromatic nitrogens is 1. The molecule has 0 saturated heterocycles. The third kappa shape index (κ3) is 2.57. The van der Waals surface area contributed by atoms with Gasteiger partial charge < -0.3 is 20.5 Å². The van der Waals surface area contributed by atoms with Crippen LogP contribution >= 0.6 is 0 Å². The number of carbonyl (C=O) groups is 1. The van der Waals surface area contributed by atoms with Crippen molar-refractivity contribution in [3.8, 4) is 0 Å². The molecular formula is C9H13N3O4. The van der Waals surface area contributed by atoms with E-state index in [4.69, 9.17) is 5.11 Å². The highest BCUT2D eigenvalue weighted by atomic mass is 16.6. The molecule has 0 aromatic carbocycles. The molecule has 1 rings (SSSR count). The number of aliphatic hydroxyl groups is 1. The van der Waals surface area contributed by atoms with E-state index in [1.54, 1.807) is 0 Å². The van der Waals surface area contributed by atoms with Crippen molar-refractivity contribution in [1.29, 1.82) is 0 Å². The van der Waals surface area contributed by atoms with Crippen LogP contribution in [0.15, 0.2) is 12.1 Å². The molecule has 0 saturated carbocycles. The molecule has 1 aromatic heterocycles. The zero-order valence-electron chi connectivity index (χ0n) is 9.01. The van der Waals surface area contributed by atoms with E-state index in [1.165, 1.54) is 30.7 Å². The molecule has 0 aliphatic carbocycles. The van der Waals surface area contributed by atoms with Crippen LogP contribution in [0.2, 0.25) is 0 Å². The summed E-state index contributed by atoms with van der Waals surface area (Å²) in [4.78, 5) is 21.5. The molecule has 2 N–H and O–H groups in total. The van der Waals surface area contributed by atoms with E-state index in [1.807, 2.05) is 0 Å². The van der Waals surface area contributed by atoms with Gasteiger partial charge in [-0.05, 0) is 17.9 Å². The van der Waals surface area contributed by atoms with Crippen LogP contribution in [0, 0.1) is 10.1 Å². The van der Waals surface area contributed by atoms with Crippen molar-refractivity contribution in [2.45, 2.75) is 13.0 Å². The summed E-state index contributed by atoms with van der Waals surface area (Å²) < 4.78 is 1.19. The Labute approximate surface area is 91.8 Å². The first kappa shape index (κ1) is 12.2. The summed E-state index contributed by atoms with van der Waals surface area (Å²) in [5, 5.41) is 22.0. The third-order valence-corrected chi connectivity index (χ3v) is 2.07. The Bertz CT molecular complexity index is 411. The van der Waals surface area contributed by atoms with Crippen molar-refractivity contribution in [3.63, 3.8) is 0 Å². The van der Waals surface area contributed by atoms with Gasteiger partial charge in [0, 0.05) is 12.6 Å². The molecule has 0 spiro atoms. The molecule has 1 amide bonds. The van der Waals surface area contributed by atoms with E-state index >= 15 is 0 Å². The van der Waals surface area contributed by atoms with Crippen LogP contribution < -0.4 is 5.32 Å². The highest BCUT2D eigenvalue weighted by Gasteiger charge is 2.20. The molecule has 0 bridgehead atoms. The van der Waals surface area contributed by atoms with E-state index in [9.17, 15) is 14.9 Å². The highest BCUT2D eigenvalue weighted by Crippen LogP contribution is 2.14. The summed E-state index contributed by atoms with van der Waals surface area (Å²) in [7, 11) is 1.44. The molecule has 1 aromatic rings. The fourth-order valence-corrected chi connectivity index (χ4v) is 1.24. The van der Waals surface area contributed by atoms with Gasteiger partial charge in [-0.15, -0.1) is 0 Å². The van der Waals surface area contributed by atoms with Crippen LogP contribution in [0.25, 0.3) is 0 Å². The molecule has 0 unspecified atom stereocenters. The van der Waals surface area contributed by atoms with Crippen molar-refractivity contribution in [2.24, 2.45) is 7.05 Å². The van der Waals surface area contributed by atoms with Gasteiger partial charge >= 0.3 is 5.82 Å². The van der Waals surface area contributed by atoms with E-state index in [-0.39, 0.29) is 18.1 Å². The first-order valence-corrected chi connectivity index (χ1v) is 4.70. The maximum Gasteiger partial charge on any atom is 0.323 e. The lowest BCUT2D eigenvalue weighted by Gasteiger charge is -2.05. The summed E-state index contributed by atoms with van der Waals surface area (Å²) in [5.41, 5.74) is 0.187. The number of nitro groups is 1. The monoisotopic (exact) mass is 227 g/mol. The Hall–Kier alpha value is -1.89. The molecule has 7 heteroatoms. The topological polar surface area (TPSA) is 97.4 Å². The molecule has 88 valence electrons. The molecule has 16 heavy (non-hydrogen) atoms. The highest BCUT2D eigenvalue weighted by molar-refractivity contribution is 5.93. The van der Waals surface area contributed by atoms with Gasteiger partial charge in [0.1, 0.15) is 0 Å². The normalized spacial score (nSPS) is 12.2. The van der Waals surface area contributed by atoms with Crippen LogP contribution in [-0.4, -0.2) is 33.2 Å². The van der Waals surface area contributed by atoms with E-state index in [0.717, 1.165) is 0 Å². The maximum absolute atomic E-state index is 11.5. The summed E-state index contributed by atoms with van der Waals surface area (Å²) in [6, 6.07) is 2.63. The SMILES string of the molecule is C[C@H](O)CNC(=O)c1ccc([N+](=O)[O-])n1C. The van der Waals surface area contributed by atoms with Crippen LogP contribution in [0.1, 0.15) is 17.4 Å². The molecular weight excluding hydrogens is 214 g/mol. The zero-order valence-corrected chi connectivity index (χ0v) is 9.01. The van der Waals surface area contributed by atoms with Crippen LogP contribution in [0.5, 0.6) is 0 Å². The van der Waals surface area contributed by atoms with Gasteiger partial charge in [0.2, 0.25) is 0 Å². The van der Waals surface area contributed by atoms with Crippen molar-refractivity contribution >= 4 is 11.7 Å². The average Bonchev–Trinajstić information content (AvgIpc) is 2.56. The van der Waals surface area contributed by atoms with E-state index in [0.29, 0.717) is 0 Å². The van der Waals surface area contributed by atoms with Gasteiger partial charge in [0.15, 0.2) is 5.69 Å². The number of aliphatic hydroxyl groups excluding tert-OH is 1. The van der Waals surface area contributed by atoms with Crippen LogP contribution in [0.4, 0.5) is 5.82 Å². The lowest BCUT2D eigenvalue weighted by molar-refractivity contribution is -0.391. The summed E-state index contributed by atoms with van der Waals surface area (Å²) in [6.45, 7) is 1.64. The molecule has 1 atom stereocenters. The minimum Gasteiger partial charge on any atom is -0.392 e. The zero-order chi connectivity index (χ0) is 12.3. The van der Waals surface area contributed by atoms with Crippen molar-refractivity contribution in [1.82, 2.24) is 9.88 Å². The predicted octanol–water partition coefficient (Wildman–Crippen LogP) is 0.0439. The maximum atomic E-state index is 11.5. The number of carbonyl (C=O) groups excluding carboxylic acids is 1. The molecule has 0 aliphatic heterocycles. The van der Waals surface area contributed by atoms with Crippen molar-refractivity contribution in [2.75, 3.05) is 6.54 Å². The first-order chi connectivity index (χ1) is 7.43. The number of amides is 1. The van der Waals surface area contributed by atoms with Gasteiger partial charge in [-0.25, -0.2) is 4.57 Å². The lowest BCUT2D eigenvalue weighted by atomic mass is 10.3. The fourth-order valence-electron chi connectivity index (χ4n) is 1.24. The van der Waals surface area contributed by atoms with Gasteiger partial charge in [0.05, 0.1) is 13.2 Å². The quantitative estimate of drug-likeness (QED) is 0.560. The van der Waals surface area contributed by atoms with Gasteiger partial charge in [0.25, 0.3) is 5.91 Å². The second-order valence-corrected chi connectivity index (χ2v) is 3.45. The Morgan fingerprint density at radius 1 is 1.69 bits per heavy atom. The largest absolute Gasteiger partial charge is 0.392 e.